The van der Waals surface area contributed by atoms with Crippen LogP contribution in [0.2, 0.25) is 0 Å². The van der Waals surface area contributed by atoms with Gasteiger partial charge in [0.1, 0.15) is 0 Å². The van der Waals surface area contributed by atoms with Gasteiger partial charge in [-0.1, -0.05) is 20.3 Å². The van der Waals surface area contributed by atoms with Crippen molar-refractivity contribution < 1.29 is 5.11 Å². The summed E-state index contributed by atoms with van der Waals surface area (Å²) >= 11 is 0. The van der Waals surface area contributed by atoms with Crippen molar-refractivity contribution >= 4 is 0 Å². The van der Waals surface area contributed by atoms with Crippen molar-refractivity contribution in [1.29, 1.82) is 0 Å². The Morgan fingerprint density at radius 3 is 2.31 bits per heavy atom. The predicted octanol–water partition coefficient (Wildman–Crippen LogP) is 2.41. The molecular formula is C14H25NO. The maximum atomic E-state index is 10.5. The highest BCUT2D eigenvalue weighted by atomic mass is 16.3. The molecule has 2 nitrogen and oxygen atoms in total. The van der Waals surface area contributed by atoms with Gasteiger partial charge in [-0.2, -0.15) is 0 Å². The lowest BCUT2D eigenvalue weighted by Crippen LogP contribution is -2.60. The normalized spacial score (nSPS) is 47.4. The van der Waals surface area contributed by atoms with Crippen molar-refractivity contribution in [1.82, 2.24) is 4.90 Å². The second kappa shape index (κ2) is 3.46. The van der Waals surface area contributed by atoms with Crippen LogP contribution in [-0.4, -0.2) is 34.7 Å². The van der Waals surface area contributed by atoms with E-state index < -0.39 is 0 Å². The second-order valence-corrected chi connectivity index (χ2v) is 6.68. The molecule has 3 fully saturated rings. The first-order valence-electron chi connectivity index (χ1n) is 7.02. The van der Waals surface area contributed by atoms with Crippen LogP contribution in [0.4, 0.5) is 0 Å². The number of rotatable bonds is 1. The van der Waals surface area contributed by atoms with Crippen LogP contribution in [0.3, 0.4) is 0 Å². The van der Waals surface area contributed by atoms with Crippen LogP contribution >= 0.6 is 0 Å². The summed E-state index contributed by atoms with van der Waals surface area (Å²) in [6, 6.07) is 0. The maximum Gasteiger partial charge on any atom is 0.0732 e. The molecule has 0 spiro atoms. The first-order valence-corrected chi connectivity index (χ1v) is 7.02. The Bertz CT molecular complexity index is 282. The number of aliphatic hydroxyl groups is 1. The average molecular weight is 223 g/mol. The topological polar surface area (TPSA) is 23.5 Å². The lowest BCUT2D eigenvalue weighted by atomic mass is 9.73. The van der Waals surface area contributed by atoms with E-state index in [1.165, 1.54) is 45.2 Å². The van der Waals surface area contributed by atoms with Gasteiger partial charge in [0, 0.05) is 0 Å². The van der Waals surface area contributed by atoms with E-state index in [1.54, 1.807) is 0 Å². The summed E-state index contributed by atoms with van der Waals surface area (Å²) in [5, 5.41) is 10.5. The molecule has 2 saturated carbocycles. The number of piperidine rings is 1. The molecule has 2 heteroatoms. The molecule has 1 N–H and O–H groups in total. The van der Waals surface area contributed by atoms with Crippen molar-refractivity contribution in [3.8, 4) is 0 Å². The number of hydrogen-bond acceptors (Lipinski definition) is 2. The van der Waals surface area contributed by atoms with Gasteiger partial charge in [0.2, 0.25) is 0 Å². The molecule has 92 valence electrons. The summed E-state index contributed by atoms with van der Waals surface area (Å²) in [4.78, 5) is 2.65. The smallest absolute Gasteiger partial charge is 0.0732 e. The Balaban J connectivity index is 1.94. The SMILES string of the molecule is CC1(C)C2CCC1(N1CCCCC1)[C@@H](O)C2. The van der Waals surface area contributed by atoms with Gasteiger partial charge in [-0.3, -0.25) is 4.90 Å². The number of likely N-dealkylation sites (tertiary alicyclic amines) is 1. The van der Waals surface area contributed by atoms with E-state index in [0.29, 0.717) is 5.41 Å². The van der Waals surface area contributed by atoms with E-state index in [2.05, 4.69) is 18.7 Å². The Morgan fingerprint density at radius 1 is 1.12 bits per heavy atom. The molecule has 1 heterocycles. The summed E-state index contributed by atoms with van der Waals surface area (Å²) in [6.07, 6.45) is 7.58. The molecule has 2 unspecified atom stereocenters. The number of nitrogens with zero attached hydrogens (tertiary/aromatic N) is 1. The number of aliphatic hydroxyl groups excluding tert-OH is 1. The zero-order chi connectivity index (χ0) is 11.4. The van der Waals surface area contributed by atoms with Crippen LogP contribution in [0.5, 0.6) is 0 Å². The van der Waals surface area contributed by atoms with Gasteiger partial charge in [0.15, 0.2) is 0 Å². The highest BCUT2D eigenvalue weighted by Gasteiger charge is 2.66. The summed E-state index contributed by atoms with van der Waals surface area (Å²) < 4.78 is 0. The maximum absolute atomic E-state index is 10.5. The average Bonchev–Trinajstić information content (AvgIpc) is 2.64. The minimum Gasteiger partial charge on any atom is -0.391 e. The third kappa shape index (κ3) is 1.15. The van der Waals surface area contributed by atoms with Gasteiger partial charge in [0.05, 0.1) is 11.6 Å². The Kier molecular flexibility index (Phi) is 2.38. The van der Waals surface area contributed by atoms with Crippen LogP contribution in [0.15, 0.2) is 0 Å². The quantitative estimate of drug-likeness (QED) is 0.738. The van der Waals surface area contributed by atoms with E-state index in [-0.39, 0.29) is 11.6 Å². The first-order chi connectivity index (χ1) is 7.59. The van der Waals surface area contributed by atoms with Gasteiger partial charge in [0.25, 0.3) is 0 Å². The highest BCUT2D eigenvalue weighted by molar-refractivity contribution is 5.19. The van der Waals surface area contributed by atoms with Crippen molar-refractivity contribution in [3.05, 3.63) is 0 Å². The van der Waals surface area contributed by atoms with Crippen molar-refractivity contribution in [2.45, 2.75) is 64.0 Å². The number of hydrogen-bond donors (Lipinski definition) is 1. The Labute approximate surface area is 99.0 Å². The molecule has 0 radical (unpaired) electrons. The zero-order valence-corrected chi connectivity index (χ0v) is 10.7. The molecule has 1 aliphatic heterocycles. The summed E-state index contributed by atoms with van der Waals surface area (Å²) in [5.41, 5.74) is 0.446. The monoisotopic (exact) mass is 223 g/mol. The van der Waals surface area contributed by atoms with Crippen molar-refractivity contribution in [2.75, 3.05) is 13.1 Å². The molecule has 3 aliphatic rings. The molecule has 3 atom stereocenters. The zero-order valence-electron chi connectivity index (χ0n) is 10.7. The van der Waals surface area contributed by atoms with Crippen LogP contribution in [-0.2, 0) is 0 Å². The lowest BCUT2D eigenvalue weighted by Gasteiger charge is -2.50. The molecule has 0 aromatic rings. The minimum atomic E-state index is -0.0700. The van der Waals surface area contributed by atoms with Crippen LogP contribution in [0.25, 0.3) is 0 Å². The molecule has 0 amide bonds. The van der Waals surface area contributed by atoms with Gasteiger partial charge in [-0.25, -0.2) is 0 Å². The second-order valence-electron chi connectivity index (χ2n) is 6.68. The van der Waals surface area contributed by atoms with E-state index in [1.807, 2.05) is 0 Å². The Morgan fingerprint density at radius 2 is 1.81 bits per heavy atom. The molecule has 1 saturated heterocycles. The van der Waals surface area contributed by atoms with E-state index >= 15 is 0 Å². The largest absolute Gasteiger partial charge is 0.391 e. The van der Waals surface area contributed by atoms with Gasteiger partial charge < -0.3 is 5.11 Å². The van der Waals surface area contributed by atoms with E-state index in [4.69, 9.17) is 0 Å². The fourth-order valence-electron chi connectivity index (χ4n) is 4.97. The third-order valence-electron chi connectivity index (χ3n) is 5.99. The molecule has 2 aliphatic carbocycles. The third-order valence-corrected chi connectivity index (χ3v) is 5.99. The number of fused-ring (bicyclic) bond motifs is 2. The van der Waals surface area contributed by atoms with Crippen LogP contribution in [0.1, 0.15) is 52.4 Å². The van der Waals surface area contributed by atoms with Gasteiger partial charge in [-0.05, 0) is 56.5 Å². The fourth-order valence-corrected chi connectivity index (χ4v) is 4.97. The predicted molar refractivity (Wildman–Crippen MR) is 65.3 cm³/mol. The van der Waals surface area contributed by atoms with Crippen LogP contribution in [0, 0.1) is 11.3 Å². The molecule has 0 aromatic heterocycles. The highest BCUT2D eigenvalue weighted by Crippen LogP contribution is 2.62. The van der Waals surface area contributed by atoms with Gasteiger partial charge in [-0.15, -0.1) is 0 Å². The lowest BCUT2D eigenvalue weighted by molar-refractivity contribution is -0.0674. The summed E-state index contributed by atoms with van der Waals surface area (Å²) in [7, 11) is 0. The first kappa shape index (κ1) is 11.0. The van der Waals surface area contributed by atoms with E-state index in [9.17, 15) is 5.11 Å². The summed E-state index contributed by atoms with van der Waals surface area (Å²) in [5.74, 6) is 0.754. The molecular weight excluding hydrogens is 198 g/mol. The Hall–Kier alpha value is -0.0800. The minimum absolute atomic E-state index is 0.0700. The van der Waals surface area contributed by atoms with E-state index in [0.717, 1.165) is 12.3 Å². The van der Waals surface area contributed by atoms with Gasteiger partial charge >= 0.3 is 0 Å². The fraction of sp³-hybridized carbons (Fsp3) is 1.00. The molecule has 3 rings (SSSR count). The molecule has 2 bridgehead atoms. The van der Waals surface area contributed by atoms with Crippen molar-refractivity contribution in [3.63, 3.8) is 0 Å². The molecule has 0 aromatic carbocycles. The summed E-state index contributed by atoms with van der Waals surface area (Å²) in [6.45, 7) is 7.23. The van der Waals surface area contributed by atoms with Crippen LogP contribution < -0.4 is 0 Å². The molecule has 16 heavy (non-hydrogen) atoms. The standard InChI is InChI=1S/C14H25NO/c1-13(2)11-6-7-14(13,12(16)10-11)15-8-4-3-5-9-15/h11-12,16H,3-10H2,1-2H3/t11?,12-,14?/m0/s1. The van der Waals surface area contributed by atoms with Crippen molar-refractivity contribution in [2.24, 2.45) is 11.3 Å².